The summed E-state index contributed by atoms with van der Waals surface area (Å²) < 4.78 is 0.647. The van der Waals surface area contributed by atoms with Crippen LogP contribution < -0.4 is 16.4 Å². The molecule has 1 unspecified atom stereocenters. The molecule has 2 rings (SSSR count). The van der Waals surface area contributed by atoms with Crippen molar-refractivity contribution in [1.82, 2.24) is 0 Å². The summed E-state index contributed by atoms with van der Waals surface area (Å²) in [6.45, 7) is 1.91. The molecule has 0 spiro atoms. The second-order valence-corrected chi connectivity index (χ2v) is 5.79. The van der Waals surface area contributed by atoms with E-state index in [1.807, 2.05) is 31.2 Å². The third-order valence-corrected chi connectivity index (χ3v) is 4.29. The number of carbonyl (C=O) groups is 1. The van der Waals surface area contributed by atoms with Gasteiger partial charge in [0, 0.05) is 11.7 Å². The first kappa shape index (κ1) is 15.8. The largest absolute Gasteiger partial charge is 0.324 e. The summed E-state index contributed by atoms with van der Waals surface area (Å²) in [5, 5.41) is 6.02. The highest BCUT2D eigenvalue weighted by atomic mass is 79.9. The smallest absolute Gasteiger partial charge is 0.323 e. The molecular weight excluding hydrogens is 354 g/mol. The number of hydrogen-bond acceptors (Lipinski definition) is 2. The van der Waals surface area contributed by atoms with Crippen molar-refractivity contribution in [2.24, 2.45) is 5.73 Å². The van der Waals surface area contributed by atoms with Gasteiger partial charge in [0.25, 0.3) is 0 Å². The van der Waals surface area contributed by atoms with E-state index in [0.717, 1.165) is 5.56 Å². The van der Waals surface area contributed by atoms with E-state index in [1.54, 1.807) is 18.2 Å². The molecule has 0 fully saturated rings. The number of urea groups is 1. The maximum Gasteiger partial charge on any atom is 0.323 e. The van der Waals surface area contributed by atoms with Crippen LogP contribution in [0.15, 0.2) is 46.9 Å². The molecule has 4 nitrogen and oxygen atoms in total. The Kier molecular flexibility index (Phi) is 5.22. The van der Waals surface area contributed by atoms with E-state index in [-0.39, 0.29) is 12.1 Å². The lowest BCUT2D eigenvalue weighted by Gasteiger charge is -2.11. The SMILES string of the molecule is CC(N)c1ccc(NC(=O)Nc2cccc(Cl)c2Br)cc1. The van der Waals surface area contributed by atoms with Crippen molar-refractivity contribution in [2.75, 3.05) is 10.6 Å². The topological polar surface area (TPSA) is 67.1 Å². The number of amides is 2. The van der Waals surface area contributed by atoms with Crippen molar-refractivity contribution in [3.63, 3.8) is 0 Å². The monoisotopic (exact) mass is 367 g/mol. The molecule has 0 bridgehead atoms. The first-order chi connectivity index (χ1) is 9.97. The fraction of sp³-hybridized carbons (Fsp3) is 0.133. The van der Waals surface area contributed by atoms with Crippen LogP contribution in [0.5, 0.6) is 0 Å². The molecule has 2 aromatic rings. The summed E-state index contributed by atoms with van der Waals surface area (Å²) >= 11 is 9.31. The van der Waals surface area contributed by atoms with E-state index in [2.05, 4.69) is 26.6 Å². The third-order valence-electron chi connectivity index (χ3n) is 2.89. The van der Waals surface area contributed by atoms with Crippen molar-refractivity contribution in [1.29, 1.82) is 0 Å². The number of rotatable bonds is 3. The number of nitrogens with two attached hydrogens (primary N) is 1. The van der Waals surface area contributed by atoms with Crippen molar-refractivity contribution < 1.29 is 4.79 Å². The second kappa shape index (κ2) is 6.93. The fourth-order valence-electron chi connectivity index (χ4n) is 1.76. The van der Waals surface area contributed by atoms with Crippen LogP contribution in [-0.2, 0) is 0 Å². The standard InChI is InChI=1S/C15H15BrClN3O/c1-9(18)10-5-7-11(8-6-10)19-15(21)20-13-4-2-3-12(17)14(13)16/h2-9H,18H2,1H3,(H2,19,20,21). The van der Waals surface area contributed by atoms with Gasteiger partial charge in [-0.3, -0.25) is 0 Å². The molecule has 0 saturated carbocycles. The second-order valence-electron chi connectivity index (χ2n) is 4.59. The number of halogens is 2. The Morgan fingerprint density at radius 1 is 1.19 bits per heavy atom. The van der Waals surface area contributed by atoms with E-state index in [4.69, 9.17) is 17.3 Å². The van der Waals surface area contributed by atoms with Gasteiger partial charge in [-0.2, -0.15) is 0 Å². The van der Waals surface area contributed by atoms with Gasteiger partial charge in [-0.1, -0.05) is 29.8 Å². The Bertz CT molecular complexity index is 644. The maximum atomic E-state index is 12.0. The number of nitrogens with one attached hydrogen (secondary N) is 2. The highest BCUT2D eigenvalue weighted by Crippen LogP contribution is 2.30. The molecule has 2 aromatic carbocycles. The van der Waals surface area contributed by atoms with Gasteiger partial charge >= 0.3 is 6.03 Å². The van der Waals surface area contributed by atoms with E-state index >= 15 is 0 Å². The molecule has 0 aliphatic carbocycles. The first-order valence-electron chi connectivity index (χ1n) is 6.35. The Labute approximate surface area is 136 Å². The maximum absolute atomic E-state index is 12.0. The molecule has 0 aliphatic heterocycles. The van der Waals surface area contributed by atoms with Crippen LogP contribution in [-0.4, -0.2) is 6.03 Å². The minimum absolute atomic E-state index is 0.0321. The molecule has 0 saturated heterocycles. The van der Waals surface area contributed by atoms with Gasteiger partial charge in [0.2, 0.25) is 0 Å². The van der Waals surface area contributed by atoms with Crippen molar-refractivity contribution in [3.05, 3.63) is 57.5 Å². The number of hydrogen-bond donors (Lipinski definition) is 3. The van der Waals surface area contributed by atoms with Crippen LogP contribution in [0.3, 0.4) is 0 Å². The van der Waals surface area contributed by atoms with Crippen molar-refractivity contribution in [2.45, 2.75) is 13.0 Å². The van der Waals surface area contributed by atoms with Crippen LogP contribution in [0.1, 0.15) is 18.5 Å². The Hall–Kier alpha value is -1.56. The lowest BCUT2D eigenvalue weighted by molar-refractivity contribution is 0.262. The van der Waals surface area contributed by atoms with Gasteiger partial charge in [-0.25, -0.2) is 4.79 Å². The van der Waals surface area contributed by atoms with Crippen molar-refractivity contribution >= 4 is 44.9 Å². The third kappa shape index (κ3) is 4.20. The van der Waals surface area contributed by atoms with Crippen LogP contribution in [0.4, 0.5) is 16.2 Å². The summed E-state index contributed by atoms with van der Waals surface area (Å²) in [4.78, 5) is 12.0. The summed E-state index contributed by atoms with van der Waals surface area (Å²) in [7, 11) is 0. The van der Waals surface area contributed by atoms with E-state index in [0.29, 0.717) is 20.9 Å². The zero-order valence-corrected chi connectivity index (χ0v) is 13.7. The van der Waals surface area contributed by atoms with Gasteiger partial charge in [-0.05, 0) is 52.7 Å². The summed E-state index contributed by atoms with van der Waals surface area (Å²) in [5.74, 6) is 0. The first-order valence-corrected chi connectivity index (χ1v) is 7.52. The fourth-order valence-corrected chi connectivity index (χ4v) is 2.29. The molecule has 110 valence electrons. The highest BCUT2D eigenvalue weighted by molar-refractivity contribution is 9.10. The molecular formula is C15H15BrClN3O. The van der Waals surface area contributed by atoms with Crippen LogP contribution in [0, 0.1) is 0 Å². The molecule has 0 aromatic heterocycles. The predicted molar refractivity (Wildman–Crippen MR) is 90.8 cm³/mol. The molecule has 0 aliphatic rings. The van der Waals surface area contributed by atoms with Gasteiger partial charge in [0.15, 0.2) is 0 Å². The molecule has 2 amide bonds. The van der Waals surface area contributed by atoms with Crippen LogP contribution in [0.25, 0.3) is 0 Å². The van der Waals surface area contributed by atoms with Gasteiger partial charge in [0.05, 0.1) is 15.2 Å². The Morgan fingerprint density at radius 2 is 1.86 bits per heavy atom. The number of carbonyl (C=O) groups excluding carboxylic acids is 1. The molecule has 6 heteroatoms. The number of anilines is 2. The van der Waals surface area contributed by atoms with Gasteiger partial charge < -0.3 is 16.4 Å². The van der Waals surface area contributed by atoms with Gasteiger partial charge in [0.1, 0.15) is 0 Å². The highest BCUT2D eigenvalue weighted by Gasteiger charge is 2.08. The minimum atomic E-state index is -0.341. The quantitative estimate of drug-likeness (QED) is 0.730. The van der Waals surface area contributed by atoms with Crippen LogP contribution in [0.2, 0.25) is 5.02 Å². The average molecular weight is 369 g/mol. The lowest BCUT2D eigenvalue weighted by Crippen LogP contribution is -2.19. The minimum Gasteiger partial charge on any atom is -0.324 e. The molecule has 0 heterocycles. The predicted octanol–water partition coefficient (Wildman–Crippen LogP) is 4.77. The normalized spacial score (nSPS) is 11.8. The molecule has 1 atom stereocenters. The zero-order chi connectivity index (χ0) is 15.4. The average Bonchev–Trinajstić information content (AvgIpc) is 2.44. The molecule has 21 heavy (non-hydrogen) atoms. The van der Waals surface area contributed by atoms with Crippen molar-refractivity contribution in [3.8, 4) is 0 Å². The lowest BCUT2D eigenvalue weighted by atomic mass is 10.1. The van der Waals surface area contributed by atoms with Gasteiger partial charge in [-0.15, -0.1) is 0 Å². The molecule has 4 N–H and O–H groups in total. The van der Waals surface area contributed by atoms with E-state index in [1.165, 1.54) is 0 Å². The van der Waals surface area contributed by atoms with Crippen LogP contribution >= 0.6 is 27.5 Å². The molecule has 0 radical (unpaired) electrons. The summed E-state index contributed by atoms with van der Waals surface area (Å²) in [5.41, 5.74) is 8.09. The zero-order valence-electron chi connectivity index (χ0n) is 11.4. The van der Waals surface area contributed by atoms with E-state index in [9.17, 15) is 4.79 Å². The summed E-state index contributed by atoms with van der Waals surface area (Å²) in [6.07, 6.45) is 0. The Balaban J connectivity index is 2.03. The number of benzene rings is 2. The Morgan fingerprint density at radius 3 is 2.48 bits per heavy atom. The summed E-state index contributed by atoms with van der Waals surface area (Å²) in [6, 6.07) is 12.3. The van der Waals surface area contributed by atoms with E-state index < -0.39 is 0 Å².